The van der Waals surface area contributed by atoms with Crippen LogP contribution in [-0.2, 0) is 14.4 Å². The fraction of sp³-hybridized carbons (Fsp3) is 0.913. The summed E-state index contributed by atoms with van der Waals surface area (Å²) < 4.78 is 0. The zero-order chi connectivity index (χ0) is 21.5. The van der Waals surface area contributed by atoms with Gasteiger partial charge in [0.1, 0.15) is 0 Å². The van der Waals surface area contributed by atoms with Crippen LogP contribution in [0.2, 0.25) is 0 Å². The maximum atomic E-state index is 11.3. The van der Waals surface area contributed by atoms with Crippen LogP contribution in [0.3, 0.4) is 0 Å². The number of unbranched alkanes of at least 4 members (excludes halogenated alkanes) is 14. The number of hydroxylamine groups is 2. The van der Waals surface area contributed by atoms with Crippen LogP contribution in [0.25, 0.3) is 0 Å². The first-order chi connectivity index (χ1) is 13.4. The smallest absolute Gasteiger partial charge is 0.325 e. The number of nitrogens with zero attached hydrogens (tertiary/aromatic N) is 1. The molecule has 0 aliphatic rings. The number of carbonyl (C=O) groups is 2. The molecule has 0 unspecified atom stereocenters. The molecule has 28 heavy (non-hydrogen) atoms. The average molecular weight is 401 g/mol. The molecular weight excluding hydrogens is 352 g/mol. The summed E-state index contributed by atoms with van der Waals surface area (Å²) in [7, 11) is 3.48. The number of hydrogen-bond acceptors (Lipinski definition) is 4. The first-order valence-corrected chi connectivity index (χ1v) is 11.6. The lowest BCUT2D eigenvalue weighted by atomic mass is 10.0. The minimum absolute atomic E-state index is 0.107. The number of nitrogens with two attached hydrogens (primary N) is 1. The lowest BCUT2D eigenvalue weighted by Gasteiger charge is -2.09. The first-order valence-electron chi connectivity index (χ1n) is 11.6. The Hall–Kier alpha value is -1.10. The van der Waals surface area contributed by atoms with Crippen LogP contribution in [0.5, 0.6) is 0 Å². The lowest BCUT2D eigenvalue weighted by Crippen LogP contribution is -2.18. The van der Waals surface area contributed by atoms with E-state index in [1.54, 1.807) is 21.0 Å². The third kappa shape index (κ3) is 29.7. The quantitative estimate of drug-likeness (QED) is 0.221. The van der Waals surface area contributed by atoms with Gasteiger partial charge in [-0.2, -0.15) is 0 Å². The average Bonchev–Trinajstić information content (AvgIpc) is 2.64. The maximum Gasteiger partial charge on any atom is 0.325 e. The van der Waals surface area contributed by atoms with E-state index in [0.717, 1.165) is 12.8 Å². The molecule has 2 N–H and O–H groups in total. The second-order valence-corrected chi connectivity index (χ2v) is 7.80. The Morgan fingerprint density at radius 3 is 1.29 bits per heavy atom. The van der Waals surface area contributed by atoms with Gasteiger partial charge in [-0.1, -0.05) is 104 Å². The standard InChI is InChI=1S/C20H41NO2.C3H7NO/c1-4-5-6-7-8-9-10-11-12-13-14-15-16-17-18-19-20(22)23-21(2)3;1-2-3(4)5/h4-19H2,1-3H3;2H2,1H3,(H2,4,5). The van der Waals surface area contributed by atoms with Gasteiger partial charge in [-0.05, 0) is 6.42 Å². The molecule has 0 atom stereocenters. The molecule has 0 heterocycles. The van der Waals surface area contributed by atoms with Gasteiger partial charge in [0.25, 0.3) is 0 Å². The third-order valence-electron chi connectivity index (χ3n) is 4.62. The highest BCUT2D eigenvalue weighted by molar-refractivity contribution is 5.73. The number of primary amides is 1. The fourth-order valence-electron chi connectivity index (χ4n) is 2.89. The Labute approximate surface area is 174 Å². The summed E-state index contributed by atoms with van der Waals surface area (Å²) in [5, 5.41) is 1.47. The highest BCUT2D eigenvalue weighted by Gasteiger charge is 2.03. The van der Waals surface area contributed by atoms with Gasteiger partial charge < -0.3 is 10.6 Å². The van der Waals surface area contributed by atoms with E-state index in [1.165, 1.54) is 88.5 Å². The van der Waals surface area contributed by atoms with Gasteiger partial charge in [-0.25, -0.2) is 0 Å². The Morgan fingerprint density at radius 1 is 0.679 bits per heavy atom. The van der Waals surface area contributed by atoms with Crippen molar-refractivity contribution < 1.29 is 14.4 Å². The van der Waals surface area contributed by atoms with E-state index in [2.05, 4.69) is 12.7 Å². The molecule has 0 spiro atoms. The van der Waals surface area contributed by atoms with Crippen molar-refractivity contribution in [3.8, 4) is 0 Å². The zero-order valence-electron chi connectivity index (χ0n) is 19.3. The SMILES string of the molecule is CCC(N)=O.CCCCCCCCCCCCCCCCCC(=O)ON(C)C. The molecule has 0 bridgehead atoms. The van der Waals surface area contributed by atoms with Gasteiger partial charge in [-0.3, -0.25) is 9.59 Å². The summed E-state index contributed by atoms with van der Waals surface area (Å²) in [4.78, 5) is 25.9. The van der Waals surface area contributed by atoms with Gasteiger partial charge in [0.05, 0.1) is 0 Å². The molecule has 168 valence electrons. The molecule has 5 heteroatoms. The van der Waals surface area contributed by atoms with Crippen molar-refractivity contribution in [2.45, 2.75) is 123 Å². The topological polar surface area (TPSA) is 72.6 Å². The van der Waals surface area contributed by atoms with Crippen LogP contribution in [0.1, 0.15) is 123 Å². The van der Waals surface area contributed by atoms with E-state index >= 15 is 0 Å². The molecule has 0 fully saturated rings. The van der Waals surface area contributed by atoms with Crippen molar-refractivity contribution >= 4 is 11.9 Å². The molecule has 0 aromatic carbocycles. The molecule has 0 rings (SSSR count). The molecule has 0 aromatic heterocycles. The zero-order valence-corrected chi connectivity index (χ0v) is 19.3. The molecule has 1 amide bonds. The van der Waals surface area contributed by atoms with E-state index in [9.17, 15) is 9.59 Å². The molecular formula is C23H48N2O3. The van der Waals surface area contributed by atoms with Gasteiger partial charge in [0.2, 0.25) is 5.91 Å². The third-order valence-corrected chi connectivity index (χ3v) is 4.62. The lowest BCUT2D eigenvalue weighted by molar-refractivity contribution is -0.178. The fourth-order valence-corrected chi connectivity index (χ4v) is 2.89. The van der Waals surface area contributed by atoms with Crippen molar-refractivity contribution in [2.24, 2.45) is 5.73 Å². The molecule has 0 aliphatic heterocycles. The number of hydrogen-bond donors (Lipinski definition) is 1. The first kappa shape index (κ1) is 29.1. The van der Waals surface area contributed by atoms with Crippen LogP contribution in [-0.4, -0.2) is 31.0 Å². The van der Waals surface area contributed by atoms with Gasteiger partial charge in [0.15, 0.2) is 0 Å². The summed E-state index contributed by atoms with van der Waals surface area (Å²) in [6, 6.07) is 0. The Balaban J connectivity index is 0. The summed E-state index contributed by atoms with van der Waals surface area (Å²) in [6.07, 6.45) is 21.2. The van der Waals surface area contributed by atoms with Crippen LogP contribution in [0.4, 0.5) is 0 Å². The molecule has 0 saturated carbocycles. The highest BCUT2D eigenvalue weighted by atomic mass is 16.7. The highest BCUT2D eigenvalue weighted by Crippen LogP contribution is 2.13. The summed E-state index contributed by atoms with van der Waals surface area (Å²) in [5.74, 6) is -0.352. The van der Waals surface area contributed by atoms with Crippen LogP contribution >= 0.6 is 0 Å². The Kier molecular flexibility index (Phi) is 24.9. The summed E-state index contributed by atoms with van der Waals surface area (Å²) in [5.41, 5.74) is 4.65. The monoisotopic (exact) mass is 400 g/mol. The summed E-state index contributed by atoms with van der Waals surface area (Å²) >= 11 is 0. The van der Waals surface area contributed by atoms with E-state index in [-0.39, 0.29) is 11.9 Å². The summed E-state index contributed by atoms with van der Waals surface area (Å²) in [6.45, 7) is 4.00. The van der Waals surface area contributed by atoms with Crippen LogP contribution < -0.4 is 5.73 Å². The van der Waals surface area contributed by atoms with Gasteiger partial charge >= 0.3 is 5.97 Å². The second kappa shape index (κ2) is 23.9. The van der Waals surface area contributed by atoms with Crippen LogP contribution in [0, 0.1) is 0 Å². The number of carbonyl (C=O) groups excluding carboxylic acids is 2. The van der Waals surface area contributed by atoms with E-state index in [4.69, 9.17) is 4.84 Å². The molecule has 0 aromatic rings. The van der Waals surface area contributed by atoms with Crippen LogP contribution in [0.15, 0.2) is 0 Å². The molecule has 0 radical (unpaired) electrons. The molecule has 5 nitrogen and oxygen atoms in total. The Morgan fingerprint density at radius 2 is 1.00 bits per heavy atom. The van der Waals surface area contributed by atoms with Crippen molar-refractivity contribution in [1.29, 1.82) is 0 Å². The second-order valence-electron chi connectivity index (χ2n) is 7.80. The maximum absolute atomic E-state index is 11.3. The molecule has 0 saturated heterocycles. The van der Waals surface area contributed by atoms with E-state index in [0.29, 0.717) is 12.8 Å². The number of rotatable bonds is 18. The predicted molar refractivity (Wildman–Crippen MR) is 119 cm³/mol. The van der Waals surface area contributed by atoms with Crippen molar-refractivity contribution in [3.05, 3.63) is 0 Å². The van der Waals surface area contributed by atoms with E-state index < -0.39 is 0 Å². The predicted octanol–water partition coefficient (Wildman–Crippen LogP) is 6.15. The van der Waals surface area contributed by atoms with E-state index in [1.807, 2.05) is 0 Å². The minimum Gasteiger partial charge on any atom is -0.370 e. The number of amides is 1. The van der Waals surface area contributed by atoms with Crippen molar-refractivity contribution in [2.75, 3.05) is 14.1 Å². The molecule has 0 aliphatic carbocycles. The van der Waals surface area contributed by atoms with Crippen molar-refractivity contribution in [3.63, 3.8) is 0 Å². The Bertz CT molecular complexity index is 347. The van der Waals surface area contributed by atoms with Gasteiger partial charge in [-0.15, -0.1) is 5.06 Å². The minimum atomic E-state index is -0.245. The van der Waals surface area contributed by atoms with Gasteiger partial charge in [0, 0.05) is 26.9 Å². The largest absolute Gasteiger partial charge is 0.370 e. The normalized spacial score (nSPS) is 10.5. The van der Waals surface area contributed by atoms with Crippen molar-refractivity contribution in [1.82, 2.24) is 5.06 Å².